The van der Waals surface area contributed by atoms with Gasteiger partial charge in [-0.15, -0.1) is 0 Å². The van der Waals surface area contributed by atoms with Gasteiger partial charge in [-0.3, -0.25) is 4.79 Å². The van der Waals surface area contributed by atoms with Crippen molar-refractivity contribution in [3.63, 3.8) is 0 Å². The topological polar surface area (TPSA) is 55.8 Å². The minimum Gasteiger partial charge on any atom is -0.504 e. The first-order valence-corrected chi connectivity index (χ1v) is 5.10. The molecule has 16 heavy (non-hydrogen) atoms. The van der Waals surface area contributed by atoms with Crippen molar-refractivity contribution in [3.8, 4) is 11.5 Å². The second-order valence-electron chi connectivity index (χ2n) is 3.93. The molecule has 0 atom stereocenters. The molecule has 0 heterocycles. The van der Waals surface area contributed by atoms with Crippen LogP contribution in [0, 0.1) is 0 Å². The zero-order valence-electron chi connectivity index (χ0n) is 9.32. The molecular formula is C12H14O4. The first kappa shape index (κ1) is 10.8. The van der Waals surface area contributed by atoms with E-state index in [0.717, 1.165) is 12.8 Å². The zero-order chi connectivity index (χ0) is 11.8. The highest BCUT2D eigenvalue weighted by Gasteiger charge is 2.54. The summed E-state index contributed by atoms with van der Waals surface area (Å²) in [5.41, 5.74) is 0.0978. The molecule has 0 bridgehead atoms. The maximum Gasteiger partial charge on any atom is 0.316 e. The Morgan fingerprint density at radius 3 is 2.56 bits per heavy atom. The molecule has 1 fully saturated rings. The fraction of sp³-hybridized carbons (Fsp3) is 0.417. The van der Waals surface area contributed by atoms with Crippen molar-refractivity contribution < 1.29 is 19.4 Å². The minimum absolute atomic E-state index is 0.0511. The Hall–Kier alpha value is -1.71. The number of benzene rings is 1. The molecule has 1 aromatic carbocycles. The Labute approximate surface area is 93.8 Å². The van der Waals surface area contributed by atoms with E-state index in [1.165, 1.54) is 20.3 Å². The van der Waals surface area contributed by atoms with Crippen LogP contribution in [-0.2, 0) is 14.9 Å². The first-order valence-electron chi connectivity index (χ1n) is 5.10. The van der Waals surface area contributed by atoms with Gasteiger partial charge in [-0.25, -0.2) is 0 Å². The van der Waals surface area contributed by atoms with Crippen LogP contribution >= 0.6 is 0 Å². The summed E-state index contributed by atoms with van der Waals surface area (Å²) in [6, 6.07) is 5.04. The van der Waals surface area contributed by atoms with Gasteiger partial charge < -0.3 is 14.6 Å². The van der Waals surface area contributed by atoms with Crippen molar-refractivity contribution in [3.05, 3.63) is 23.8 Å². The van der Waals surface area contributed by atoms with E-state index in [9.17, 15) is 9.90 Å². The van der Waals surface area contributed by atoms with Gasteiger partial charge in [-0.05, 0) is 18.9 Å². The maximum atomic E-state index is 11.7. The lowest BCUT2D eigenvalue weighted by Crippen LogP contribution is -2.22. The van der Waals surface area contributed by atoms with E-state index in [1.807, 2.05) is 0 Å². The van der Waals surface area contributed by atoms with E-state index in [2.05, 4.69) is 0 Å². The molecule has 0 aliphatic heterocycles. The normalized spacial score (nSPS) is 16.6. The summed E-state index contributed by atoms with van der Waals surface area (Å²) >= 11 is 0. The van der Waals surface area contributed by atoms with Gasteiger partial charge >= 0.3 is 5.97 Å². The maximum absolute atomic E-state index is 11.7. The van der Waals surface area contributed by atoms with Crippen LogP contribution in [0.5, 0.6) is 11.5 Å². The molecule has 4 nitrogen and oxygen atoms in total. The average Bonchev–Trinajstić information content (AvgIpc) is 3.09. The molecule has 2 rings (SSSR count). The van der Waals surface area contributed by atoms with Gasteiger partial charge in [0.25, 0.3) is 0 Å². The summed E-state index contributed by atoms with van der Waals surface area (Å²) in [6.45, 7) is 0. The van der Waals surface area contributed by atoms with Gasteiger partial charge in [0.05, 0.1) is 19.6 Å². The van der Waals surface area contributed by atoms with Crippen LogP contribution in [0.3, 0.4) is 0 Å². The van der Waals surface area contributed by atoms with Gasteiger partial charge in [0.1, 0.15) is 0 Å². The number of ether oxygens (including phenoxy) is 2. The molecule has 1 aliphatic carbocycles. The van der Waals surface area contributed by atoms with Gasteiger partial charge in [-0.1, -0.05) is 12.1 Å². The molecule has 1 aromatic rings. The van der Waals surface area contributed by atoms with E-state index < -0.39 is 5.41 Å². The molecule has 1 saturated carbocycles. The lowest BCUT2D eigenvalue weighted by Gasteiger charge is -2.17. The van der Waals surface area contributed by atoms with Crippen LogP contribution in [0.15, 0.2) is 18.2 Å². The molecule has 0 saturated heterocycles. The molecule has 4 heteroatoms. The third-order valence-corrected chi connectivity index (χ3v) is 3.04. The Kier molecular flexibility index (Phi) is 2.50. The van der Waals surface area contributed by atoms with Crippen LogP contribution in [0.2, 0.25) is 0 Å². The minimum atomic E-state index is -0.612. The first-order chi connectivity index (χ1) is 7.65. The number of rotatable bonds is 3. The summed E-state index contributed by atoms with van der Waals surface area (Å²) in [5, 5.41) is 9.66. The number of para-hydroxylation sites is 1. The second kappa shape index (κ2) is 3.70. The summed E-state index contributed by atoms with van der Waals surface area (Å²) in [6.07, 6.45) is 1.47. The number of hydrogen-bond donors (Lipinski definition) is 1. The third-order valence-electron chi connectivity index (χ3n) is 3.04. The summed E-state index contributed by atoms with van der Waals surface area (Å²) < 4.78 is 9.93. The van der Waals surface area contributed by atoms with E-state index in [0.29, 0.717) is 11.3 Å². The Bertz CT molecular complexity index is 421. The summed E-state index contributed by atoms with van der Waals surface area (Å²) in [7, 11) is 2.85. The van der Waals surface area contributed by atoms with Crippen molar-refractivity contribution >= 4 is 5.97 Å². The van der Waals surface area contributed by atoms with Crippen LogP contribution in [0.4, 0.5) is 0 Å². The monoisotopic (exact) mass is 222 g/mol. The SMILES string of the molecule is COC(=O)C1(c2cccc(O)c2OC)CC1. The quantitative estimate of drug-likeness (QED) is 0.789. The smallest absolute Gasteiger partial charge is 0.316 e. The Morgan fingerprint density at radius 1 is 1.38 bits per heavy atom. The highest BCUT2D eigenvalue weighted by atomic mass is 16.5. The second-order valence-corrected chi connectivity index (χ2v) is 3.93. The highest BCUT2D eigenvalue weighted by Crippen LogP contribution is 2.53. The lowest BCUT2D eigenvalue weighted by atomic mass is 9.95. The number of carbonyl (C=O) groups excluding carboxylic acids is 1. The highest BCUT2D eigenvalue weighted by molar-refractivity contribution is 5.88. The summed E-state index contributed by atoms with van der Waals surface area (Å²) in [4.78, 5) is 11.7. The molecule has 0 amide bonds. The Balaban J connectivity index is 2.48. The number of carbonyl (C=O) groups is 1. The van der Waals surface area contributed by atoms with Crippen molar-refractivity contribution in [2.75, 3.05) is 14.2 Å². The summed E-state index contributed by atoms with van der Waals surface area (Å²) in [5.74, 6) is 0.150. The Morgan fingerprint density at radius 2 is 2.06 bits per heavy atom. The molecule has 1 N–H and O–H groups in total. The molecule has 86 valence electrons. The number of phenolic OH excluding ortho intramolecular Hbond substituents is 1. The molecule has 1 aliphatic rings. The number of hydrogen-bond acceptors (Lipinski definition) is 4. The van der Waals surface area contributed by atoms with Crippen LogP contribution in [0.1, 0.15) is 18.4 Å². The van der Waals surface area contributed by atoms with Crippen molar-refractivity contribution in [1.82, 2.24) is 0 Å². The zero-order valence-corrected chi connectivity index (χ0v) is 9.32. The van der Waals surface area contributed by atoms with Crippen molar-refractivity contribution in [2.45, 2.75) is 18.3 Å². The van der Waals surface area contributed by atoms with Crippen LogP contribution < -0.4 is 4.74 Å². The van der Waals surface area contributed by atoms with Gasteiger partial charge in [-0.2, -0.15) is 0 Å². The number of methoxy groups -OCH3 is 2. The van der Waals surface area contributed by atoms with Crippen LogP contribution in [-0.4, -0.2) is 25.3 Å². The van der Waals surface area contributed by atoms with Crippen molar-refractivity contribution in [1.29, 1.82) is 0 Å². The number of phenols is 1. The van der Waals surface area contributed by atoms with Crippen molar-refractivity contribution in [2.24, 2.45) is 0 Å². The molecule has 0 aromatic heterocycles. The number of aromatic hydroxyl groups is 1. The molecule has 0 unspecified atom stereocenters. The fourth-order valence-electron chi connectivity index (χ4n) is 2.02. The largest absolute Gasteiger partial charge is 0.504 e. The molecular weight excluding hydrogens is 208 g/mol. The predicted molar refractivity (Wildman–Crippen MR) is 57.6 cm³/mol. The fourth-order valence-corrected chi connectivity index (χ4v) is 2.02. The predicted octanol–water partition coefficient (Wildman–Crippen LogP) is 1.61. The standard InChI is InChI=1S/C12H14O4/c1-15-10-8(4-3-5-9(10)13)12(6-7-12)11(14)16-2/h3-5,13H,6-7H2,1-2H3. The number of esters is 1. The van der Waals surface area contributed by atoms with Gasteiger partial charge in [0.15, 0.2) is 11.5 Å². The lowest BCUT2D eigenvalue weighted by molar-refractivity contribution is -0.143. The van der Waals surface area contributed by atoms with Crippen LogP contribution in [0.25, 0.3) is 0 Å². The van der Waals surface area contributed by atoms with E-state index in [4.69, 9.17) is 9.47 Å². The van der Waals surface area contributed by atoms with Gasteiger partial charge in [0, 0.05) is 5.56 Å². The molecule has 0 radical (unpaired) electrons. The molecule has 0 spiro atoms. The van der Waals surface area contributed by atoms with E-state index in [1.54, 1.807) is 12.1 Å². The third kappa shape index (κ3) is 1.41. The van der Waals surface area contributed by atoms with Gasteiger partial charge in [0.2, 0.25) is 0 Å². The average molecular weight is 222 g/mol. The van der Waals surface area contributed by atoms with E-state index in [-0.39, 0.29) is 11.7 Å². The van der Waals surface area contributed by atoms with E-state index >= 15 is 0 Å².